The van der Waals surface area contributed by atoms with Gasteiger partial charge in [0.25, 0.3) is 0 Å². The Labute approximate surface area is 101 Å². The van der Waals surface area contributed by atoms with Crippen molar-refractivity contribution >= 4 is 0 Å². The van der Waals surface area contributed by atoms with E-state index in [0.29, 0.717) is 18.0 Å². The van der Waals surface area contributed by atoms with Crippen LogP contribution in [-0.2, 0) is 4.74 Å². The molecule has 0 aromatic carbocycles. The quantitative estimate of drug-likeness (QED) is 0.659. The molecule has 3 atom stereocenters. The average Bonchev–Trinajstić information content (AvgIpc) is 2.25. The molecule has 3 unspecified atom stereocenters. The third-order valence-electron chi connectivity index (χ3n) is 3.41. The van der Waals surface area contributed by atoms with Gasteiger partial charge in [-0.3, -0.25) is 4.90 Å². The summed E-state index contributed by atoms with van der Waals surface area (Å²) in [5, 5.41) is 0. The molecule has 16 heavy (non-hydrogen) atoms. The number of likely N-dealkylation sites (N-methyl/N-ethyl adjacent to an activating group) is 1. The van der Waals surface area contributed by atoms with Gasteiger partial charge in [0.1, 0.15) is 0 Å². The van der Waals surface area contributed by atoms with E-state index in [4.69, 9.17) is 10.5 Å². The van der Waals surface area contributed by atoms with E-state index in [2.05, 4.69) is 32.6 Å². The minimum absolute atomic E-state index is 0.447. The maximum absolute atomic E-state index is 5.93. The highest BCUT2D eigenvalue weighted by Gasteiger charge is 2.25. The Balaban J connectivity index is 4.47. The Morgan fingerprint density at radius 2 is 1.88 bits per heavy atom. The number of rotatable bonds is 9. The fourth-order valence-corrected chi connectivity index (χ4v) is 2.55. The highest BCUT2D eigenvalue weighted by atomic mass is 16.5. The van der Waals surface area contributed by atoms with Crippen molar-refractivity contribution in [2.24, 2.45) is 11.7 Å². The summed E-state index contributed by atoms with van der Waals surface area (Å²) >= 11 is 0. The molecule has 0 aromatic heterocycles. The molecule has 0 amide bonds. The number of nitrogens with zero attached hydrogens (tertiary/aromatic N) is 1. The molecule has 3 nitrogen and oxygen atoms in total. The Morgan fingerprint density at radius 1 is 1.25 bits per heavy atom. The summed E-state index contributed by atoms with van der Waals surface area (Å²) in [5.74, 6) is 0.661. The third-order valence-corrected chi connectivity index (χ3v) is 3.41. The minimum Gasteiger partial charge on any atom is -0.383 e. The van der Waals surface area contributed by atoms with Crippen LogP contribution < -0.4 is 5.73 Å². The van der Waals surface area contributed by atoms with Crippen LogP contribution in [0.1, 0.15) is 40.5 Å². The molecule has 0 fully saturated rings. The highest BCUT2D eigenvalue weighted by Crippen LogP contribution is 2.18. The van der Waals surface area contributed by atoms with E-state index in [-0.39, 0.29) is 0 Å². The van der Waals surface area contributed by atoms with Crippen molar-refractivity contribution in [2.45, 2.75) is 52.6 Å². The van der Waals surface area contributed by atoms with Gasteiger partial charge in [0.05, 0.1) is 6.61 Å². The molecule has 0 aliphatic carbocycles. The second-order valence-electron chi connectivity index (χ2n) is 4.70. The predicted octanol–water partition coefficient (Wildman–Crippen LogP) is 2.11. The molecule has 0 heterocycles. The molecule has 0 aromatic rings. The molecule has 2 N–H and O–H groups in total. The fraction of sp³-hybridized carbons (Fsp3) is 1.00. The summed E-state index contributed by atoms with van der Waals surface area (Å²) in [4.78, 5) is 2.48. The molecule has 0 bridgehead atoms. The largest absolute Gasteiger partial charge is 0.383 e. The van der Waals surface area contributed by atoms with Crippen LogP contribution in [0.4, 0.5) is 0 Å². The molecule has 0 aliphatic heterocycles. The van der Waals surface area contributed by atoms with Crippen LogP contribution in [0.5, 0.6) is 0 Å². The van der Waals surface area contributed by atoms with Crippen molar-refractivity contribution < 1.29 is 4.74 Å². The summed E-state index contributed by atoms with van der Waals surface area (Å²) in [5.41, 5.74) is 5.93. The SMILES string of the molecule is CCCC(C)C(CN)N(CC)C(C)COC. The number of hydrogen-bond acceptors (Lipinski definition) is 3. The molecule has 98 valence electrons. The number of hydrogen-bond donors (Lipinski definition) is 1. The Bertz CT molecular complexity index is 146. The van der Waals surface area contributed by atoms with Gasteiger partial charge in [-0.2, -0.15) is 0 Å². The average molecular weight is 230 g/mol. The van der Waals surface area contributed by atoms with Crippen LogP contribution >= 0.6 is 0 Å². The van der Waals surface area contributed by atoms with Gasteiger partial charge in [-0.1, -0.05) is 27.2 Å². The van der Waals surface area contributed by atoms with E-state index in [1.54, 1.807) is 7.11 Å². The van der Waals surface area contributed by atoms with Gasteiger partial charge in [-0.05, 0) is 25.8 Å². The smallest absolute Gasteiger partial charge is 0.0615 e. The second-order valence-corrected chi connectivity index (χ2v) is 4.70. The zero-order valence-corrected chi connectivity index (χ0v) is 11.7. The minimum atomic E-state index is 0.447. The normalized spacial score (nSPS) is 17.4. The van der Waals surface area contributed by atoms with Gasteiger partial charge in [-0.25, -0.2) is 0 Å². The zero-order valence-electron chi connectivity index (χ0n) is 11.7. The van der Waals surface area contributed by atoms with E-state index in [1.165, 1.54) is 12.8 Å². The van der Waals surface area contributed by atoms with E-state index in [0.717, 1.165) is 19.7 Å². The summed E-state index contributed by atoms with van der Waals surface area (Å²) in [6, 6.07) is 0.929. The topological polar surface area (TPSA) is 38.5 Å². The summed E-state index contributed by atoms with van der Waals surface area (Å²) in [6.07, 6.45) is 2.48. The maximum atomic E-state index is 5.93. The van der Waals surface area contributed by atoms with Crippen LogP contribution in [0.15, 0.2) is 0 Å². The standard InChI is InChI=1S/C13H30N2O/c1-6-8-11(3)13(9-14)15(7-2)12(4)10-16-5/h11-13H,6-10,14H2,1-5H3. The van der Waals surface area contributed by atoms with E-state index in [9.17, 15) is 0 Å². The summed E-state index contributed by atoms with van der Waals surface area (Å²) in [6.45, 7) is 11.5. The van der Waals surface area contributed by atoms with Gasteiger partial charge < -0.3 is 10.5 Å². The first-order chi connectivity index (χ1) is 7.62. The lowest BCUT2D eigenvalue weighted by Crippen LogP contribution is -2.50. The van der Waals surface area contributed by atoms with Crippen LogP contribution in [0.25, 0.3) is 0 Å². The third kappa shape index (κ3) is 4.81. The molecule has 0 aliphatic rings. The van der Waals surface area contributed by atoms with E-state index >= 15 is 0 Å². The number of methoxy groups -OCH3 is 1. The van der Waals surface area contributed by atoms with Gasteiger partial charge in [0.15, 0.2) is 0 Å². The first-order valence-electron chi connectivity index (χ1n) is 6.56. The van der Waals surface area contributed by atoms with Crippen molar-refractivity contribution in [3.63, 3.8) is 0 Å². The Morgan fingerprint density at radius 3 is 2.25 bits per heavy atom. The van der Waals surface area contributed by atoms with Crippen molar-refractivity contribution in [2.75, 3.05) is 26.8 Å². The molecular weight excluding hydrogens is 200 g/mol. The number of ether oxygens (including phenoxy) is 1. The van der Waals surface area contributed by atoms with Gasteiger partial charge in [0, 0.05) is 25.7 Å². The lowest BCUT2D eigenvalue weighted by Gasteiger charge is -2.38. The predicted molar refractivity (Wildman–Crippen MR) is 70.6 cm³/mol. The molecule has 3 heteroatoms. The lowest BCUT2D eigenvalue weighted by atomic mass is 9.94. The monoisotopic (exact) mass is 230 g/mol. The first kappa shape index (κ1) is 15.9. The van der Waals surface area contributed by atoms with Crippen molar-refractivity contribution in [3.8, 4) is 0 Å². The maximum Gasteiger partial charge on any atom is 0.0615 e. The first-order valence-corrected chi connectivity index (χ1v) is 6.56. The van der Waals surface area contributed by atoms with Crippen LogP contribution in [0, 0.1) is 5.92 Å². The second kappa shape index (κ2) is 8.97. The Hall–Kier alpha value is -0.120. The van der Waals surface area contributed by atoms with E-state index in [1.807, 2.05) is 0 Å². The number of nitrogens with two attached hydrogens (primary N) is 1. The van der Waals surface area contributed by atoms with Crippen molar-refractivity contribution in [1.82, 2.24) is 4.90 Å². The molecule has 0 rings (SSSR count). The fourth-order valence-electron chi connectivity index (χ4n) is 2.55. The van der Waals surface area contributed by atoms with Crippen molar-refractivity contribution in [1.29, 1.82) is 0 Å². The molecule has 0 spiro atoms. The molecule has 0 saturated carbocycles. The highest BCUT2D eigenvalue weighted by molar-refractivity contribution is 4.80. The zero-order chi connectivity index (χ0) is 12.6. The van der Waals surface area contributed by atoms with Crippen LogP contribution in [0.2, 0.25) is 0 Å². The van der Waals surface area contributed by atoms with Crippen LogP contribution in [-0.4, -0.2) is 43.8 Å². The van der Waals surface area contributed by atoms with Gasteiger partial charge in [-0.15, -0.1) is 0 Å². The molecule has 0 saturated heterocycles. The summed E-state index contributed by atoms with van der Waals surface area (Å²) in [7, 11) is 1.76. The van der Waals surface area contributed by atoms with Crippen molar-refractivity contribution in [3.05, 3.63) is 0 Å². The molecular formula is C13H30N2O. The Kier molecular flexibility index (Phi) is 8.90. The van der Waals surface area contributed by atoms with Crippen LogP contribution in [0.3, 0.4) is 0 Å². The summed E-state index contributed by atoms with van der Waals surface area (Å²) < 4.78 is 5.24. The molecule has 0 radical (unpaired) electrons. The van der Waals surface area contributed by atoms with Gasteiger partial charge in [0.2, 0.25) is 0 Å². The van der Waals surface area contributed by atoms with Gasteiger partial charge >= 0.3 is 0 Å². The van der Waals surface area contributed by atoms with E-state index < -0.39 is 0 Å². The lowest BCUT2D eigenvalue weighted by molar-refractivity contribution is 0.0551.